The lowest BCUT2D eigenvalue weighted by molar-refractivity contribution is -0.112. The first-order valence-electron chi connectivity index (χ1n) is 7.01. The Morgan fingerprint density at radius 3 is 2.48 bits per heavy atom. The Balaban J connectivity index is 1.67. The lowest BCUT2D eigenvalue weighted by Crippen LogP contribution is -2.36. The number of amides is 3. The number of rotatable bonds is 3. The average molecular weight is 286 g/mol. The molecule has 0 saturated carbocycles. The van der Waals surface area contributed by atoms with E-state index < -0.39 is 0 Å². The zero-order chi connectivity index (χ0) is 14.8. The van der Waals surface area contributed by atoms with Crippen molar-refractivity contribution < 1.29 is 9.59 Å². The molecule has 0 spiro atoms. The van der Waals surface area contributed by atoms with Gasteiger partial charge in [0.15, 0.2) is 0 Å². The van der Waals surface area contributed by atoms with Crippen molar-refractivity contribution in [3.63, 3.8) is 0 Å². The molecule has 0 bridgehead atoms. The van der Waals surface area contributed by atoms with E-state index in [9.17, 15) is 9.59 Å². The summed E-state index contributed by atoms with van der Waals surface area (Å²) in [5.74, 6) is -0.0711. The van der Waals surface area contributed by atoms with E-state index in [2.05, 4.69) is 16.0 Å². The highest BCUT2D eigenvalue weighted by atomic mass is 16.2. The first kappa shape index (κ1) is 13.6. The van der Waals surface area contributed by atoms with E-state index in [1.54, 1.807) is 4.90 Å². The van der Waals surface area contributed by atoms with Crippen molar-refractivity contribution in [3.05, 3.63) is 35.4 Å². The molecule has 3 amide bonds. The Morgan fingerprint density at radius 2 is 1.95 bits per heavy atom. The van der Waals surface area contributed by atoms with Gasteiger partial charge in [0, 0.05) is 43.1 Å². The van der Waals surface area contributed by atoms with E-state index in [4.69, 9.17) is 0 Å². The summed E-state index contributed by atoms with van der Waals surface area (Å²) in [5, 5.41) is 8.76. The highest BCUT2D eigenvalue weighted by molar-refractivity contribution is 6.04. The maximum absolute atomic E-state index is 12.1. The van der Waals surface area contributed by atoms with Crippen LogP contribution in [0.4, 0.5) is 16.2 Å². The molecule has 2 aliphatic heterocycles. The molecular weight excluding hydrogens is 268 g/mol. The van der Waals surface area contributed by atoms with E-state index in [1.807, 2.05) is 31.2 Å². The van der Waals surface area contributed by atoms with Gasteiger partial charge in [0.2, 0.25) is 0 Å². The lowest BCUT2D eigenvalue weighted by atomic mass is 10.0. The van der Waals surface area contributed by atoms with Gasteiger partial charge in [-0.15, -0.1) is 0 Å². The highest BCUT2D eigenvalue weighted by Gasteiger charge is 2.21. The van der Waals surface area contributed by atoms with Crippen LogP contribution in [0.3, 0.4) is 0 Å². The minimum Gasteiger partial charge on any atom is -0.336 e. The molecule has 0 atom stereocenters. The predicted octanol–water partition coefficient (Wildman–Crippen LogP) is 1.07. The van der Waals surface area contributed by atoms with Gasteiger partial charge in [-0.25, -0.2) is 4.79 Å². The van der Waals surface area contributed by atoms with Crippen LogP contribution in [0, 0.1) is 0 Å². The van der Waals surface area contributed by atoms with Gasteiger partial charge in [0.25, 0.3) is 5.91 Å². The van der Waals surface area contributed by atoms with Crippen LogP contribution in [0.15, 0.2) is 35.4 Å². The standard InChI is InChI=1S/C15H18N4O2/c1-10(11-8-16-9-11)14(20)18-12-2-4-13(5-3-12)19-7-6-17-15(19)21/h2-5,16H,6-9H2,1H3,(H,17,21)(H,18,20). The highest BCUT2D eigenvalue weighted by Crippen LogP contribution is 2.20. The van der Waals surface area contributed by atoms with Gasteiger partial charge in [0.1, 0.15) is 0 Å². The molecule has 1 aromatic rings. The maximum atomic E-state index is 12.1. The molecule has 0 aliphatic carbocycles. The third-order valence-corrected chi connectivity index (χ3v) is 3.84. The molecule has 0 aromatic heterocycles. The first-order valence-corrected chi connectivity index (χ1v) is 7.01. The van der Waals surface area contributed by atoms with Crippen LogP contribution >= 0.6 is 0 Å². The number of benzene rings is 1. The van der Waals surface area contributed by atoms with Crippen LogP contribution in [0.2, 0.25) is 0 Å². The monoisotopic (exact) mass is 286 g/mol. The largest absolute Gasteiger partial charge is 0.336 e. The zero-order valence-electron chi connectivity index (χ0n) is 11.9. The summed E-state index contributed by atoms with van der Waals surface area (Å²) in [6.45, 7) is 4.76. The Bertz CT molecular complexity index is 601. The Morgan fingerprint density at radius 1 is 1.24 bits per heavy atom. The van der Waals surface area contributed by atoms with Gasteiger partial charge in [-0.1, -0.05) is 0 Å². The zero-order valence-corrected chi connectivity index (χ0v) is 11.9. The SMILES string of the molecule is CC(C(=O)Nc1ccc(N2CCNC2=O)cc1)=C1CNC1. The third-order valence-electron chi connectivity index (χ3n) is 3.84. The van der Waals surface area contributed by atoms with Crippen molar-refractivity contribution >= 4 is 23.3 Å². The van der Waals surface area contributed by atoms with Gasteiger partial charge >= 0.3 is 6.03 Å². The number of anilines is 2. The molecular formula is C15H18N4O2. The molecule has 3 rings (SSSR count). The molecule has 0 unspecified atom stereocenters. The molecule has 2 heterocycles. The van der Waals surface area contributed by atoms with E-state index >= 15 is 0 Å². The molecule has 6 heteroatoms. The van der Waals surface area contributed by atoms with E-state index in [0.29, 0.717) is 13.1 Å². The molecule has 2 aliphatic rings. The van der Waals surface area contributed by atoms with Gasteiger partial charge in [-0.3, -0.25) is 9.69 Å². The quantitative estimate of drug-likeness (QED) is 0.728. The summed E-state index contributed by atoms with van der Waals surface area (Å²) < 4.78 is 0. The summed E-state index contributed by atoms with van der Waals surface area (Å²) in [4.78, 5) is 25.3. The van der Waals surface area contributed by atoms with Crippen molar-refractivity contribution in [1.29, 1.82) is 0 Å². The number of carbonyl (C=O) groups excluding carboxylic acids is 2. The molecule has 0 radical (unpaired) electrons. The molecule has 6 nitrogen and oxygen atoms in total. The normalized spacial score (nSPS) is 17.3. The smallest absolute Gasteiger partial charge is 0.321 e. The fraction of sp³-hybridized carbons (Fsp3) is 0.333. The Hall–Kier alpha value is -2.34. The summed E-state index contributed by atoms with van der Waals surface area (Å²) in [5.41, 5.74) is 3.49. The van der Waals surface area contributed by atoms with Crippen LogP contribution in [-0.4, -0.2) is 38.1 Å². The van der Waals surface area contributed by atoms with Crippen LogP contribution < -0.4 is 20.9 Å². The van der Waals surface area contributed by atoms with Crippen molar-refractivity contribution in [1.82, 2.24) is 10.6 Å². The van der Waals surface area contributed by atoms with Crippen LogP contribution in [-0.2, 0) is 4.79 Å². The second-order valence-corrected chi connectivity index (χ2v) is 5.22. The summed E-state index contributed by atoms with van der Waals surface area (Å²) in [6.07, 6.45) is 0. The summed E-state index contributed by atoms with van der Waals surface area (Å²) in [7, 11) is 0. The van der Waals surface area contributed by atoms with Crippen LogP contribution in [0.1, 0.15) is 6.92 Å². The number of nitrogens with zero attached hydrogens (tertiary/aromatic N) is 1. The fourth-order valence-electron chi connectivity index (χ4n) is 2.34. The van der Waals surface area contributed by atoms with Crippen LogP contribution in [0.25, 0.3) is 0 Å². The topological polar surface area (TPSA) is 73.5 Å². The summed E-state index contributed by atoms with van der Waals surface area (Å²) in [6, 6.07) is 7.23. The van der Waals surface area contributed by atoms with Crippen molar-refractivity contribution in [2.45, 2.75) is 6.92 Å². The number of urea groups is 1. The van der Waals surface area contributed by atoms with Gasteiger partial charge < -0.3 is 16.0 Å². The average Bonchev–Trinajstić information content (AvgIpc) is 2.84. The van der Waals surface area contributed by atoms with E-state index in [0.717, 1.165) is 35.6 Å². The Kier molecular flexibility index (Phi) is 3.62. The lowest BCUT2D eigenvalue weighted by Gasteiger charge is -2.21. The molecule has 2 fully saturated rings. The molecule has 110 valence electrons. The minimum absolute atomic E-state index is 0.0711. The van der Waals surface area contributed by atoms with Gasteiger partial charge in [-0.05, 0) is 36.8 Å². The van der Waals surface area contributed by atoms with Crippen LogP contribution in [0.5, 0.6) is 0 Å². The number of carbonyl (C=O) groups is 2. The summed E-state index contributed by atoms with van der Waals surface area (Å²) >= 11 is 0. The fourth-order valence-corrected chi connectivity index (χ4v) is 2.34. The third kappa shape index (κ3) is 2.75. The van der Waals surface area contributed by atoms with Gasteiger partial charge in [0.05, 0.1) is 0 Å². The van der Waals surface area contributed by atoms with Crippen molar-refractivity contribution in [2.75, 3.05) is 36.4 Å². The molecule has 21 heavy (non-hydrogen) atoms. The predicted molar refractivity (Wildman–Crippen MR) is 81.4 cm³/mol. The Labute approximate surface area is 123 Å². The van der Waals surface area contributed by atoms with E-state index in [-0.39, 0.29) is 11.9 Å². The maximum Gasteiger partial charge on any atom is 0.321 e. The number of hydrogen-bond acceptors (Lipinski definition) is 3. The van der Waals surface area contributed by atoms with E-state index in [1.165, 1.54) is 0 Å². The van der Waals surface area contributed by atoms with Gasteiger partial charge in [-0.2, -0.15) is 0 Å². The van der Waals surface area contributed by atoms with Crippen molar-refractivity contribution in [3.8, 4) is 0 Å². The molecule has 3 N–H and O–H groups in total. The first-order chi connectivity index (χ1) is 10.1. The number of nitrogens with one attached hydrogen (secondary N) is 3. The second-order valence-electron chi connectivity index (χ2n) is 5.22. The molecule has 1 aromatic carbocycles. The second kappa shape index (κ2) is 5.57. The number of hydrogen-bond donors (Lipinski definition) is 3. The minimum atomic E-state index is -0.0788. The molecule has 2 saturated heterocycles. The van der Waals surface area contributed by atoms with Crippen molar-refractivity contribution in [2.24, 2.45) is 0 Å².